The molecule has 1 fully saturated rings. The van der Waals surface area contributed by atoms with Crippen molar-refractivity contribution in [1.29, 1.82) is 0 Å². The van der Waals surface area contributed by atoms with Gasteiger partial charge in [-0.1, -0.05) is 12.1 Å². The summed E-state index contributed by atoms with van der Waals surface area (Å²) in [6, 6.07) is 6.09. The predicted molar refractivity (Wildman–Crippen MR) is 74.1 cm³/mol. The fourth-order valence-electron chi connectivity index (χ4n) is 2.61. The predicted octanol–water partition coefficient (Wildman–Crippen LogP) is 0.345. The van der Waals surface area contributed by atoms with Crippen LogP contribution in [-0.4, -0.2) is 49.0 Å². The molecule has 1 amide bonds. The molecule has 0 aromatic heterocycles. The lowest BCUT2D eigenvalue weighted by Crippen LogP contribution is -2.51. The lowest BCUT2D eigenvalue weighted by atomic mass is 9.96. The zero-order valence-electron chi connectivity index (χ0n) is 12.0. The van der Waals surface area contributed by atoms with Gasteiger partial charge in [0.25, 0.3) is 5.91 Å². The van der Waals surface area contributed by atoms with Gasteiger partial charge in [-0.05, 0) is 12.1 Å². The van der Waals surface area contributed by atoms with Crippen molar-refractivity contribution in [2.75, 3.05) is 14.2 Å². The zero-order chi connectivity index (χ0) is 15.9. The first-order valence-electron chi connectivity index (χ1n) is 6.64. The van der Waals surface area contributed by atoms with Gasteiger partial charge in [0.15, 0.2) is 18.0 Å². The molecule has 0 spiro atoms. The number of fused-ring (bicyclic) bond motifs is 1. The van der Waals surface area contributed by atoms with E-state index < -0.39 is 23.9 Å². The molecule has 2 N–H and O–H groups in total. The molecule has 0 radical (unpaired) electrons. The summed E-state index contributed by atoms with van der Waals surface area (Å²) >= 11 is 0. The number of carbonyl (C=O) groups excluding carboxylic acids is 2. The van der Waals surface area contributed by atoms with Crippen LogP contribution < -0.4 is 5.32 Å². The lowest BCUT2D eigenvalue weighted by molar-refractivity contribution is -0.194. The minimum Gasteiger partial charge on any atom is -0.507 e. The van der Waals surface area contributed by atoms with Crippen LogP contribution in [0.1, 0.15) is 10.4 Å². The molecule has 2 unspecified atom stereocenters. The van der Waals surface area contributed by atoms with Crippen molar-refractivity contribution in [3.63, 3.8) is 0 Å². The summed E-state index contributed by atoms with van der Waals surface area (Å²) in [7, 11) is 2.80. The number of phenols is 1. The summed E-state index contributed by atoms with van der Waals surface area (Å²) in [5.41, 5.74) is 0.227. The zero-order valence-corrected chi connectivity index (χ0v) is 12.0. The number of benzene rings is 1. The molecular formula is C15H15NO6. The number of para-hydroxylation sites is 1. The van der Waals surface area contributed by atoms with Crippen LogP contribution in [0, 0.1) is 0 Å². The molecule has 1 saturated heterocycles. The van der Waals surface area contributed by atoms with Crippen molar-refractivity contribution in [1.82, 2.24) is 5.32 Å². The van der Waals surface area contributed by atoms with Gasteiger partial charge in [0, 0.05) is 20.3 Å². The van der Waals surface area contributed by atoms with Crippen LogP contribution in [0.15, 0.2) is 36.0 Å². The summed E-state index contributed by atoms with van der Waals surface area (Å²) < 4.78 is 16.0. The minimum absolute atomic E-state index is 0.0794. The second-order valence-corrected chi connectivity index (χ2v) is 4.98. The number of ether oxygens (including phenoxy) is 3. The molecule has 3 rings (SSSR count). The normalized spacial score (nSPS) is 25.2. The third kappa shape index (κ3) is 2.10. The Labute approximate surface area is 126 Å². The molecule has 0 bridgehead atoms. The summed E-state index contributed by atoms with van der Waals surface area (Å²) in [6.45, 7) is 0. The Balaban J connectivity index is 1.91. The molecule has 1 aromatic carbocycles. The molecule has 22 heavy (non-hydrogen) atoms. The van der Waals surface area contributed by atoms with Crippen molar-refractivity contribution in [2.45, 2.75) is 18.0 Å². The summed E-state index contributed by atoms with van der Waals surface area (Å²) in [4.78, 5) is 24.1. The van der Waals surface area contributed by atoms with Crippen LogP contribution in [0.25, 0.3) is 0 Å². The second kappa shape index (κ2) is 5.20. The number of carbonyl (C=O) groups is 2. The van der Waals surface area contributed by atoms with E-state index in [9.17, 15) is 14.7 Å². The molecule has 1 aliphatic heterocycles. The van der Waals surface area contributed by atoms with Gasteiger partial charge in [-0.15, -0.1) is 0 Å². The van der Waals surface area contributed by atoms with E-state index in [1.807, 2.05) is 0 Å². The van der Waals surface area contributed by atoms with Crippen molar-refractivity contribution < 1.29 is 28.9 Å². The van der Waals surface area contributed by atoms with Gasteiger partial charge in [0.05, 0.1) is 11.3 Å². The van der Waals surface area contributed by atoms with E-state index in [0.717, 1.165) is 0 Å². The number of aromatic hydroxyl groups is 1. The van der Waals surface area contributed by atoms with Gasteiger partial charge >= 0.3 is 0 Å². The molecule has 1 aliphatic carbocycles. The second-order valence-electron chi connectivity index (χ2n) is 4.98. The Bertz CT molecular complexity index is 664. The standard InChI is InChI=1S/C15H15NO6/c1-20-15(21-2)11(7-10(18)12-13(15)22-12)16-14(19)8-5-3-4-6-9(8)17/h3-7,12-13,17H,1-2H3,(H,16,19). The number of phenolic OH excluding ortho intramolecular Hbond substituents is 1. The largest absolute Gasteiger partial charge is 0.507 e. The molecule has 7 heteroatoms. The topological polar surface area (TPSA) is 97.4 Å². The van der Waals surface area contributed by atoms with Crippen LogP contribution in [0.5, 0.6) is 5.75 Å². The van der Waals surface area contributed by atoms with Crippen LogP contribution >= 0.6 is 0 Å². The van der Waals surface area contributed by atoms with E-state index in [4.69, 9.17) is 14.2 Å². The third-order valence-electron chi connectivity index (χ3n) is 3.81. The molecule has 2 aliphatic rings. The minimum atomic E-state index is -1.35. The Morgan fingerprint density at radius 3 is 2.64 bits per heavy atom. The highest BCUT2D eigenvalue weighted by atomic mass is 16.7. The quantitative estimate of drug-likeness (QED) is 0.615. The van der Waals surface area contributed by atoms with Gasteiger partial charge in [-0.2, -0.15) is 0 Å². The third-order valence-corrected chi connectivity index (χ3v) is 3.81. The molecule has 2 atom stereocenters. The maximum Gasteiger partial charge on any atom is 0.259 e. The van der Waals surface area contributed by atoms with Crippen molar-refractivity contribution in [3.05, 3.63) is 41.6 Å². The number of hydrogen-bond donors (Lipinski definition) is 2. The number of epoxide rings is 1. The van der Waals surface area contributed by atoms with Crippen molar-refractivity contribution >= 4 is 11.7 Å². The van der Waals surface area contributed by atoms with E-state index in [1.165, 1.54) is 32.4 Å². The lowest BCUT2D eigenvalue weighted by Gasteiger charge is -2.33. The fraction of sp³-hybridized carbons (Fsp3) is 0.333. The maximum absolute atomic E-state index is 12.3. The van der Waals surface area contributed by atoms with Crippen molar-refractivity contribution in [3.8, 4) is 5.75 Å². The Kier molecular flexibility index (Phi) is 3.48. The molecule has 0 saturated carbocycles. The number of nitrogens with one attached hydrogen (secondary N) is 1. The SMILES string of the molecule is COC1(OC)C(NC(=O)c2ccccc2O)=CC(=O)C2OC21. The maximum atomic E-state index is 12.3. The van der Waals surface area contributed by atoms with E-state index in [2.05, 4.69) is 5.32 Å². The first kappa shape index (κ1) is 14.7. The summed E-state index contributed by atoms with van der Waals surface area (Å²) in [6.07, 6.45) is 0.0318. The van der Waals surface area contributed by atoms with Crippen LogP contribution in [-0.2, 0) is 19.0 Å². The van der Waals surface area contributed by atoms with Crippen LogP contribution in [0.3, 0.4) is 0 Å². The molecule has 116 valence electrons. The monoisotopic (exact) mass is 305 g/mol. The number of ketones is 1. The van der Waals surface area contributed by atoms with Gasteiger partial charge in [-0.3, -0.25) is 9.59 Å². The highest BCUT2D eigenvalue weighted by Crippen LogP contribution is 2.43. The summed E-state index contributed by atoms with van der Waals surface area (Å²) in [5.74, 6) is -2.35. The highest BCUT2D eigenvalue weighted by molar-refractivity contribution is 6.02. The van der Waals surface area contributed by atoms with Gasteiger partial charge in [-0.25, -0.2) is 0 Å². The first-order valence-corrected chi connectivity index (χ1v) is 6.64. The van der Waals surface area contributed by atoms with E-state index >= 15 is 0 Å². The first-order chi connectivity index (χ1) is 10.5. The van der Waals surface area contributed by atoms with Gasteiger partial charge < -0.3 is 24.6 Å². The number of amides is 1. The smallest absolute Gasteiger partial charge is 0.259 e. The van der Waals surface area contributed by atoms with Crippen LogP contribution in [0.4, 0.5) is 0 Å². The molecule has 7 nitrogen and oxygen atoms in total. The van der Waals surface area contributed by atoms with E-state index in [-0.39, 0.29) is 22.8 Å². The van der Waals surface area contributed by atoms with Crippen molar-refractivity contribution in [2.24, 2.45) is 0 Å². The average molecular weight is 305 g/mol. The number of hydrogen-bond acceptors (Lipinski definition) is 6. The number of rotatable bonds is 4. The van der Waals surface area contributed by atoms with E-state index in [1.54, 1.807) is 12.1 Å². The van der Waals surface area contributed by atoms with E-state index in [0.29, 0.717) is 0 Å². The molecule has 1 heterocycles. The highest BCUT2D eigenvalue weighted by Gasteiger charge is 2.64. The Morgan fingerprint density at radius 2 is 2.00 bits per heavy atom. The summed E-state index contributed by atoms with van der Waals surface area (Å²) in [5, 5.41) is 12.3. The Morgan fingerprint density at radius 1 is 1.32 bits per heavy atom. The fourth-order valence-corrected chi connectivity index (χ4v) is 2.61. The average Bonchev–Trinajstić information content (AvgIpc) is 3.30. The van der Waals surface area contributed by atoms with Gasteiger partial charge in [0.1, 0.15) is 5.75 Å². The molecular weight excluding hydrogens is 290 g/mol. The van der Waals surface area contributed by atoms with Gasteiger partial charge in [0.2, 0.25) is 5.79 Å². The Hall–Kier alpha value is -2.22. The van der Waals surface area contributed by atoms with Crippen LogP contribution in [0.2, 0.25) is 0 Å². The molecule has 1 aromatic rings. The number of methoxy groups -OCH3 is 2.